The molecule has 38 heavy (non-hydrogen) atoms. The first-order valence-corrected chi connectivity index (χ1v) is 12.1. The first kappa shape index (κ1) is 28.8. The van der Waals surface area contributed by atoms with Crippen LogP contribution in [0.2, 0.25) is 5.02 Å². The van der Waals surface area contributed by atoms with Gasteiger partial charge in [-0.25, -0.2) is 0 Å². The lowest BCUT2D eigenvalue weighted by Crippen LogP contribution is -2.33. The highest BCUT2D eigenvalue weighted by molar-refractivity contribution is 6.33. The molecule has 2 atom stereocenters. The van der Waals surface area contributed by atoms with Crippen LogP contribution in [0.4, 0.5) is 18.9 Å². The van der Waals surface area contributed by atoms with Gasteiger partial charge < -0.3 is 24.9 Å². The number of rotatable bonds is 12. The number of aliphatic carboxylic acids is 1. The number of nitrogens with zero attached hydrogens (tertiary/aromatic N) is 2. The predicted octanol–water partition coefficient (Wildman–Crippen LogP) is 5.52. The first-order valence-electron chi connectivity index (χ1n) is 11.7. The number of benzene rings is 2. The third kappa shape index (κ3) is 7.85. The number of anilines is 1. The highest BCUT2D eigenvalue weighted by Gasteiger charge is 2.31. The Labute approximate surface area is 221 Å². The van der Waals surface area contributed by atoms with Crippen LogP contribution >= 0.6 is 11.6 Å². The average Bonchev–Trinajstić information content (AvgIpc) is 3.34. The summed E-state index contributed by atoms with van der Waals surface area (Å²) in [5.41, 5.74) is 0.364. The SMILES string of the molecule is CC[C@H](C)[C@@H](COc1nnc(-c2ccc(C(F)(F)F)cc2Cl)o1)Nc1ccc(C(=O)NCCC(=O)O)cc1. The predicted molar refractivity (Wildman–Crippen MR) is 133 cm³/mol. The van der Waals surface area contributed by atoms with Crippen LogP contribution in [0, 0.1) is 5.92 Å². The second-order valence-corrected chi connectivity index (χ2v) is 8.90. The minimum atomic E-state index is -4.53. The molecule has 0 aliphatic heterocycles. The van der Waals surface area contributed by atoms with E-state index in [1.807, 2.05) is 13.8 Å². The number of ether oxygens (including phenoxy) is 1. The van der Waals surface area contributed by atoms with Crippen LogP contribution in [0.1, 0.15) is 42.6 Å². The summed E-state index contributed by atoms with van der Waals surface area (Å²) in [6.07, 6.45) is -4.04. The number of halogens is 4. The van der Waals surface area contributed by atoms with Gasteiger partial charge in [0, 0.05) is 17.8 Å². The van der Waals surface area contributed by atoms with E-state index in [-0.39, 0.29) is 60.0 Å². The number of carbonyl (C=O) groups excluding carboxylic acids is 1. The molecule has 3 N–H and O–H groups in total. The maximum atomic E-state index is 12.9. The molecule has 204 valence electrons. The molecule has 2 aromatic carbocycles. The van der Waals surface area contributed by atoms with E-state index in [4.69, 9.17) is 25.9 Å². The van der Waals surface area contributed by atoms with E-state index >= 15 is 0 Å². The molecule has 13 heteroatoms. The van der Waals surface area contributed by atoms with Gasteiger partial charge in [-0.3, -0.25) is 9.59 Å². The van der Waals surface area contributed by atoms with Gasteiger partial charge in [0.05, 0.1) is 28.6 Å². The molecule has 9 nitrogen and oxygen atoms in total. The van der Waals surface area contributed by atoms with Crippen molar-refractivity contribution >= 4 is 29.2 Å². The Morgan fingerprint density at radius 1 is 1.16 bits per heavy atom. The Kier molecular flexibility index (Phi) is 9.56. The zero-order valence-electron chi connectivity index (χ0n) is 20.5. The molecule has 1 heterocycles. The monoisotopic (exact) mass is 554 g/mol. The first-order chi connectivity index (χ1) is 18.0. The van der Waals surface area contributed by atoms with Crippen LogP contribution in [0.5, 0.6) is 6.08 Å². The Hall–Kier alpha value is -3.80. The van der Waals surface area contributed by atoms with Gasteiger partial charge in [0.15, 0.2) is 0 Å². The number of amides is 1. The molecule has 0 radical (unpaired) electrons. The number of carbonyl (C=O) groups is 2. The fraction of sp³-hybridized carbons (Fsp3) is 0.360. The van der Waals surface area contributed by atoms with Crippen LogP contribution in [0.15, 0.2) is 46.9 Å². The summed E-state index contributed by atoms with van der Waals surface area (Å²) in [6, 6.07) is 9.30. The van der Waals surface area contributed by atoms with Crippen molar-refractivity contribution in [1.82, 2.24) is 15.5 Å². The minimum absolute atomic E-state index is 0.0318. The van der Waals surface area contributed by atoms with Crippen molar-refractivity contribution in [3.8, 4) is 17.5 Å². The number of carboxylic acids is 1. The minimum Gasteiger partial charge on any atom is -0.481 e. The molecule has 0 saturated heterocycles. The van der Waals surface area contributed by atoms with Crippen LogP contribution in [0.25, 0.3) is 11.5 Å². The maximum absolute atomic E-state index is 12.9. The summed E-state index contributed by atoms with van der Waals surface area (Å²) < 4.78 is 49.8. The van der Waals surface area contributed by atoms with E-state index in [1.165, 1.54) is 0 Å². The quantitative estimate of drug-likeness (QED) is 0.267. The Morgan fingerprint density at radius 2 is 1.87 bits per heavy atom. The van der Waals surface area contributed by atoms with Crippen LogP contribution in [0.3, 0.4) is 0 Å². The lowest BCUT2D eigenvalue weighted by atomic mass is 9.99. The van der Waals surface area contributed by atoms with Crippen LogP contribution < -0.4 is 15.4 Å². The highest BCUT2D eigenvalue weighted by Crippen LogP contribution is 2.35. The molecule has 1 aromatic heterocycles. The molecular weight excluding hydrogens is 529 g/mol. The second-order valence-electron chi connectivity index (χ2n) is 8.49. The van der Waals surface area contributed by atoms with E-state index < -0.39 is 17.7 Å². The van der Waals surface area contributed by atoms with Crippen molar-refractivity contribution in [2.75, 3.05) is 18.5 Å². The lowest BCUT2D eigenvalue weighted by molar-refractivity contribution is -0.138. The topological polar surface area (TPSA) is 127 Å². The molecular formula is C25H26ClF3N4O5. The fourth-order valence-corrected chi connectivity index (χ4v) is 3.61. The normalized spacial score (nSPS) is 13.0. The summed E-state index contributed by atoms with van der Waals surface area (Å²) in [4.78, 5) is 22.7. The smallest absolute Gasteiger partial charge is 0.416 e. The highest BCUT2D eigenvalue weighted by atomic mass is 35.5. The van der Waals surface area contributed by atoms with E-state index in [2.05, 4.69) is 20.8 Å². The summed E-state index contributed by atoms with van der Waals surface area (Å²) in [5.74, 6) is -1.30. The Bertz CT molecular complexity index is 1250. The van der Waals surface area contributed by atoms with Crippen molar-refractivity contribution in [3.63, 3.8) is 0 Å². The van der Waals surface area contributed by atoms with Crippen molar-refractivity contribution < 1.29 is 37.0 Å². The zero-order chi connectivity index (χ0) is 27.9. The van der Waals surface area contributed by atoms with Gasteiger partial charge in [-0.05, 0) is 48.4 Å². The van der Waals surface area contributed by atoms with Crippen molar-refractivity contribution in [2.24, 2.45) is 5.92 Å². The lowest BCUT2D eigenvalue weighted by Gasteiger charge is -2.24. The third-order valence-corrected chi connectivity index (χ3v) is 6.09. The van der Waals surface area contributed by atoms with Gasteiger partial charge in [-0.15, -0.1) is 5.10 Å². The average molecular weight is 555 g/mol. The van der Waals surface area contributed by atoms with Gasteiger partial charge in [0.2, 0.25) is 0 Å². The van der Waals surface area contributed by atoms with E-state index in [9.17, 15) is 22.8 Å². The van der Waals surface area contributed by atoms with Gasteiger partial charge >= 0.3 is 18.2 Å². The third-order valence-electron chi connectivity index (χ3n) is 5.77. The molecule has 0 saturated carbocycles. The van der Waals surface area contributed by atoms with E-state index in [0.717, 1.165) is 30.3 Å². The number of hydrogen-bond acceptors (Lipinski definition) is 7. The number of carboxylic acid groups (broad SMARTS) is 1. The van der Waals surface area contributed by atoms with Gasteiger partial charge in [-0.1, -0.05) is 37.0 Å². The summed E-state index contributed by atoms with van der Waals surface area (Å²) in [5, 5.41) is 22.0. The molecule has 1 amide bonds. The van der Waals surface area contributed by atoms with Crippen molar-refractivity contribution in [2.45, 2.75) is 38.9 Å². The number of aromatic nitrogens is 2. The largest absolute Gasteiger partial charge is 0.481 e. The summed E-state index contributed by atoms with van der Waals surface area (Å²) in [6.45, 7) is 4.20. The van der Waals surface area contributed by atoms with Gasteiger partial charge in [0.1, 0.15) is 6.61 Å². The van der Waals surface area contributed by atoms with Gasteiger partial charge in [0.25, 0.3) is 11.8 Å². The van der Waals surface area contributed by atoms with Crippen molar-refractivity contribution in [1.29, 1.82) is 0 Å². The number of nitrogens with one attached hydrogen (secondary N) is 2. The molecule has 3 aromatic rings. The van der Waals surface area contributed by atoms with Crippen molar-refractivity contribution in [3.05, 3.63) is 58.6 Å². The summed E-state index contributed by atoms with van der Waals surface area (Å²) in [7, 11) is 0. The molecule has 0 aliphatic carbocycles. The van der Waals surface area contributed by atoms with E-state index in [0.29, 0.717) is 5.56 Å². The van der Waals surface area contributed by atoms with E-state index in [1.54, 1.807) is 24.3 Å². The number of hydrogen-bond donors (Lipinski definition) is 3. The molecule has 0 unspecified atom stereocenters. The second kappa shape index (κ2) is 12.6. The van der Waals surface area contributed by atoms with Crippen LogP contribution in [-0.2, 0) is 11.0 Å². The number of alkyl halides is 3. The van der Waals surface area contributed by atoms with Gasteiger partial charge in [-0.2, -0.15) is 13.2 Å². The molecule has 0 aliphatic rings. The molecule has 0 fully saturated rings. The van der Waals surface area contributed by atoms with Crippen LogP contribution in [-0.4, -0.2) is 46.4 Å². The standard InChI is InChI=1S/C25H26ClF3N4O5/c1-3-14(2)20(31-17-7-4-15(5-8-17)22(36)30-11-10-21(34)35)13-37-24-33-32-23(38-24)18-9-6-16(12-19(18)26)25(27,28)29/h4-9,12,14,20,31H,3,10-11,13H2,1-2H3,(H,30,36)(H,34,35)/t14-,20+/m0/s1. The molecule has 0 spiro atoms. The zero-order valence-corrected chi connectivity index (χ0v) is 21.3. The maximum Gasteiger partial charge on any atom is 0.416 e. The molecule has 3 rings (SSSR count). The Morgan fingerprint density at radius 3 is 2.47 bits per heavy atom. The Balaban J connectivity index is 1.62. The summed E-state index contributed by atoms with van der Waals surface area (Å²) >= 11 is 6.00. The molecule has 0 bridgehead atoms. The fourth-order valence-electron chi connectivity index (χ4n) is 3.35.